The molecular weight excluding hydrogens is 144 g/mol. The molecule has 0 N–H and O–H groups in total. The fraction of sp³-hybridized carbons (Fsp3) is 0.778. The van der Waals surface area contributed by atoms with Gasteiger partial charge in [-0.25, -0.2) is 0 Å². The topological polar surface area (TPSA) is 0 Å². The molecule has 0 rings (SSSR count). The van der Waals surface area contributed by atoms with Crippen molar-refractivity contribution >= 4 is 11.6 Å². The lowest BCUT2D eigenvalue weighted by atomic mass is 10.0. The zero-order valence-corrected chi connectivity index (χ0v) is 7.91. The number of alkyl halides is 1. The van der Waals surface area contributed by atoms with Crippen LogP contribution < -0.4 is 0 Å². The Labute approximate surface area is 69.3 Å². The standard InChI is InChI=1S/C9H17Cl/c1-4-6-8-9(3,10)7-5-2/h5,7H,4,6,8H2,1-3H3. The normalized spacial score (nSPS) is 17.6. The summed E-state index contributed by atoms with van der Waals surface area (Å²) in [5, 5.41) is 0. The third-order valence-electron chi connectivity index (χ3n) is 1.53. The molecule has 0 radical (unpaired) electrons. The number of rotatable bonds is 4. The van der Waals surface area contributed by atoms with Crippen molar-refractivity contribution in [2.75, 3.05) is 0 Å². The molecule has 1 unspecified atom stereocenters. The fourth-order valence-electron chi connectivity index (χ4n) is 0.953. The molecule has 60 valence electrons. The Kier molecular flexibility index (Phi) is 4.80. The van der Waals surface area contributed by atoms with Gasteiger partial charge in [-0.2, -0.15) is 0 Å². The Morgan fingerprint density at radius 1 is 1.50 bits per heavy atom. The molecule has 0 saturated carbocycles. The summed E-state index contributed by atoms with van der Waals surface area (Å²) in [6.45, 7) is 6.25. The third kappa shape index (κ3) is 4.87. The van der Waals surface area contributed by atoms with Gasteiger partial charge in [0, 0.05) is 0 Å². The van der Waals surface area contributed by atoms with Crippen molar-refractivity contribution in [2.45, 2.75) is 44.9 Å². The monoisotopic (exact) mass is 160 g/mol. The summed E-state index contributed by atoms with van der Waals surface area (Å²) in [5.74, 6) is 0. The predicted molar refractivity (Wildman–Crippen MR) is 48.6 cm³/mol. The van der Waals surface area contributed by atoms with E-state index in [1.807, 2.05) is 13.0 Å². The van der Waals surface area contributed by atoms with Crippen LogP contribution in [0.2, 0.25) is 0 Å². The molecule has 0 spiro atoms. The number of hydrogen-bond donors (Lipinski definition) is 0. The highest BCUT2D eigenvalue weighted by molar-refractivity contribution is 6.24. The van der Waals surface area contributed by atoms with Crippen LogP contribution in [-0.2, 0) is 0 Å². The Balaban J connectivity index is 3.63. The number of unbranched alkanes of at least 4 members (excludes halogenated alkanes) is 1. The van der Waals surface area contributed by atoms with Gasteiger partial charge in [0.1, 0.15) is 0 Å². The number of allylic oxidation sites excluding steroid dienone is 2. The Morgan fingerprint density at radius 2 is 2.10 bits per heavy atom. The van der Waals surface area contributed by atoms with E-state index in [0.29, 0.717) is 0 Å². The smallest absolute Gasteiger partial charge is 0.0597 e. The third-order valence-corrected chi connectivity index (χ3v) is 1.85. The molecule has 10 heavy (non-hydrogen) atoms. The molecule has 0 heterocycles. The largest absolute Gasteiger partial charge is 0.115 e. The van der Waals surface area contributed by atoms with Crippen LogP contribution in [0.5, 0.6) is 0 Å². The molecule has 1 heteroatoms. The number of halogens is 1. The first-order valence-electron chi connectivity index (χ1n) is 3.95. The first kappa shape index (κ1) is 10.0. The van der Waals surface area contributed by atoms with Crippen LogP contribution >= 0.6 is 11.6 Å². The second kappa shape index (κ2) is 4.79. The van der Waals surface area contributed by atoms with Crippen molar-refractivity contribution < 1.29 is 0 Å². The maximum atomic E-state index is 6.13. The van der Waals surface area contributed by atoms with Gasteiger partial charge in [-0.1, -0.05) is 31.9 Å². The Bertz CT molecular complexity index is 103. The van der Waals surface area contributed by atoms with Gasteiger partial charge >= 0.3 is 0 Å². The lowest BCUT2D eigenvalue weighted by Crippen LogP contribution is -2.11. The van der Waals surface area contributed by atoms with E-state index in [0.717, 1.165) is 6.42 Å². The van der Waals surface area contributed by atoms with E-state index in [1.54, 1.807) is 0 Å². The van der Waals surface area contributed by atoms with Crippen LogP contribution in [0, 0.1) is 0 Å². The van der Waals surface area contributed by atoms with Crippen LogP contribution in [0.1, 0.15) is 40.0 Å². The van der Waals surface area contributed by atoms with Gasteiger partial charge in [0.25, 0.3) is 0 Å². The number of hydrogen-bond acceptors (Lipinski definition) is 0. The molecule has 0 aliphatic rings. The highest BCUT2D eigenvalue weighted by Gasteiger charge is 2.14. The van der Waals surface area contributed by atoms with Crippen molar-refractivity contribution in [3.63, 3.8) is 0 Å². The SMILES string of the molecule is CC=CC(C)(Cl)CCCC. The minimum atomic E-state index is -0.106. The fourth-order valence-corrected chi connectivity index (χ4v) is 1.21. The van der Waals surface area contributed by atoms with Gasteiger partial charge < -0.3 is 0 Å². The minimum Gasteiger partial charge on any atom is -0.115 e. The van der Waals surface area contributed by atoms with Gasteiger partial charge in [-0.05, 0) is 20.3 Å². The van der Waals surface area contributed by atoms with Gasteiger partial charge in [0.15, 0.2) is 0 Å². The van der Waals surface area contributed by atoms with Gasteiger partial charge in [-0.15, -0.1) is 11.6 Å². The molecular formula is C9H17Cl. The molecule has 0 amide bonds. The molecule has 0 aromatic rings. The first-order valence-corrected chi connectivity index (χ1v) is 4.33. The molecule has 0 aromatic carbocycles. The molecule has 0 aromatic heterocycles. The van der Waals surface area contributed by atoms with E-state index in [2.05, 4.69) is 19.9 Å². The van der Waals surface area contributed by atoms with Crippen molar-refractivity contribution in [3.8, 4) is 0 Å². The second-order valence-electron chi connectivity index (χ2n) is 2.88. The van der Waals surface area contributed by atoms with E-state index in [4.69, 9.17) is 11.6 Å². The summed E-state index contributed by atoms with van der Waals surface area (Å²) in [4.78, 5) is -0.106. The molecule has 0 aliphatic carbocycles. The zero-order chi connectivity index (χ0) is 8.04. The van der Waals surface area contributed by atoms with E-state index in [-0.39, 0.29) is 4.87 Å². The van der Waals surface area contributed by atoms with Crippen LogP contribution in [0.25, 0.3) is 0 Å². The van der Waals surface area contributed by atoms with E-state index in [9.17, 15) is 0 Å². The average molecular weight is 161 g/mol. The summed E-state index contributed by atoms with van der Waals surface area (Å²) in [6.07, 6.45) is 7.59. The van der Waals surface area contributed by atoms with Gasteiger partial charge in [0.2, 0.25) is 0 Å². The maximum absolute atomic E-state index is 6.13. The summed E-state index contributed by atoms with van der Waals surface area (Å²) < 4.78 is 0. The van der Waals surface area contributed by atoms with Crippen molar-refractivity contribution in [3.05, 3.63) is 12.2 Å². The Hall–Kier alpha value is 0.0300. The summed E-state index contributed by atoms with van der Waals surface area (Å²) in [7, 11) is 0. The van der Waals surface area contributed by atoms with Crippen LogP contribution in [0.4, 0.5) is 0 Å². The van der Waals surface area contributed by atoms with Gasteiger partial charge in [0.05, 0.1) is 4.87 Å². The molecule has 0 aliphatic heterocycles. The van der Waals surface area contributed by atoms with E-state index < -0.39 is 0 Å². The van der Waals surface area contributed by atoms with Crippen molar-refractivity contribution in [1.29, 1.82) is 0 Å². The molecule has 1 atom stereocenters. The van der Waals surface area contributed by atoms with E-state index >= 15 is 0 Å². The second-order valence-corrected chi connectivity index (χ2v) is 3.75. The molecule has 0 bridgehead atoms. The highest BCUT2D eigenvalue weighted by atomic mass is 35.5. The Morgan fingerprint density at radius 3 is 2.50 bits per heavy atom. The van der Waals surface area contributed by atoms with Crippen molar-refractivity contribution in [2.24, 2.45) is 0 Å². The van der Waals surface area contributed by atoms with Crippen LogP contribution in [0.15, 0.2) is 12.2 Å². The quantitative estimate of drug-likeness (QED) is 0.434. The lowest BCUT2D eigenvalue weighted by Gasteiger charge is -2.15. The molecule has 0 saturated heterocycles. The highest BCUT2D eigenvalue weighted by Crippen LogP contribution is 2.23. The van der Waals surface area contributed by atoms with Crippen LogP contribution in [0.3, 0.4) is 0 Å². The maximum Gasteiger partial charge on any atom is 0.0597 e. The first-order chi connectivity index (χ1) is 4.62. The minimum absolute atomic E-state index is 0.106. The summed E-state index contributed by atoms with van der Waals surface area (Å²) in [6, 6.07) is 0. The van der Waals surface area contributed by atoms with E-state index in [1.165, 1.54) is 12.8 Å². The molecule has 0 nitrogen and oxygen atoms in total. The van der Waals surface area contributed by atoms with Crippen molar-refractivity contribution in [1.82, 2.24) is 0 Å². The summed E-state index contributed by atoms with van der Waals surface area (Å²) in [5.41, 5.74) is 0. The average Bonchev–Trinajstić information content (AvgIpc) is 1.84. The predicted octanol–water partition coefficient (Wildman–Crippen LogP) is 3.75. The van der Waals surface area contributed by atoms with Gasteiger partial charge in [-0.3, -0.25) is 0 Å². The van der Waals surface area contributed by atoms with Crippen LogP contribution in [-0.4, -0.2) is 4.87 Å². The summed E-state index contributed by atoms with van der Waals surface area (Å²) >= 11 is 6.13. The molecule has 0 fully saturated rings. The lowest BCUT2D eigenvalue weighted by molar-refractivity contribution is 0.627. The zero-order valence-electron chi connectivity index (χ0n) is 7.15.